The minimum absolute atomic E-state index is 0.111. The van der Waals surface area contributed by atoms with Gasteiger partial charge in [0.15, 0.2) is 0 Å². The summed E-state index contributed by atoms with van der Waals surface area (Å²) in [5.74, 6) is -3.24. The molecule has 2 amide bonds. The van der Waals surface area contributed by atoms with Crippen LogP contribution >= 0.6 is 10.9 Å². The lowest BCUT2D eigenvalue weighted by Gasteiger charge is -2.61. The summed E-state index contributed by atoms with van der Waals surface area (Å²) in [7, 11) is 0.904. The van der Waals surface area contributed by atoms with E-state index in [9.17, 15) is 22.8 Å². The quantitative estimate of drug-likeness (QED) is 0.223. The van der Waals surface area contributed by atoms with Gasteiger partial charge in [-0.1, -0.05) is 30.3 Å². The van der Waals surface area contributed by atoms with Crippen molar-refractivity contribution in [3.8, 4) is 0 Å². The van der Waals surface area contributed by atoms with Crippen molar-refractivity contribution in [2.45, 2.75) is 69.1 Å². The first-order chi connectivity index (χ1) is 25.8. The van der Waals surface area contributed by atoms with Gasteiger partial charge in [0.2, 0.25) is 5.92 Å². The fourth-order valence-corrected chi connectivity index (χ4v) is 11.1. The van der Waals surface area contributed by atoms with Crippen molar-refractivity contribution in [2.24, 2.45) is 22.7 Å². The van der Waals surface area contributed by atoms with Crippen LogP contribution in [0.5, 0.6) is 0 Å². The third-order valence-corrected chi connectivity index (χ3v) is 13.9. The number of benzene rings is 2. The molecule has 0 radical (unpaired) electrons. The Morgan fingerprint density at radius 1 is 1.06 bits per heavy atom. The van der Waals surface area contributed by atoms with Crippen LogP contribution in [0.1, 0.15) is 75.4 Å². The zero-order valence-electron chi connectivity index (χ0n) is 29.7. The number of rotatable bonds is 8. The molecule has 286 valence electrons. The first-order valence-electron chi connectivity index (χ1n) is 18.7. The third kappa shape index (κ3) is 5.77. The molecule has 4 atom stereocenters. The average Bonchev–Trinajstić information content (AvgIpc) is 3.74. The van der Waals surface area contributed by atoms with Crippen LogP contribution in [-0.2, 0) is 17.9 Å². The van der Waals surface area contributed by atoms with E-state index in [4.69, 9.17) is 4.74 Å². The number of alkyl halides is 4. The number of fused-ring (bicyclic) bond motifs is 3. The van der Waals surface area contributed by atoms with Gasteiger partial charge >= 0.3 is 0 Å². The maximum absolute atomic E-state index is 15.1. The van der Waals surface area contributed by atoms with Crippen molar-refractivity contribution in [3.63, 3.8) is 0 Å². The van der Waals surface area contributed by atoms with E-state index in [2.05, 4.69) is 21.2 Å². The number of nitrogens with zero attached hydrogens (tertiary/aromatic N) is 4. The molecule has 1 N–H and O–H groups in total. The van der Waals surface area contributed by atoms with Crippen LogP contribution in [0, 0.1) is 28.5 Å². The summed E-state index contributed by atoms with van der Waals surface area (Å²) in [6.07, 6.45) is 4.01. The van der Waals surface area contributed by atoms with Crippen LogP contribution in [0.25, 0.3) is 0 Å². The molecule has 14 heteroatoms. The summed E-state index contributed by atoms with van der Waals surface area (Å²) in [5.41, 5.74) is 1.82. The summed E-state index contributed by atoms with van der Waals surface area (Å²) in [5, 5.41) is 7.26. The van der Waals surface area contributed by atoms with Crippen LogP contribution in [0.4, 0.5) is 22.0 Å². The Morgan fingerprint density at radius 2 is 1.83 bits per heavy atom. The Morgan fingerprint density at radius 3 is 2.57 bits per heavy atom. The van der Waals surface area contributed by atoms with E-state index in [1.54, 1.807) is 27.9 Å². The maximum Gasteiger partial charge on any atom is 0.287 e. The second-order valence-corrected chi connectivity index (χ2v) is 17.1. The fraction of sp³-hybridized carbons (Fsp3) is 0.525. The van der Waals surface area contributed by atoms with Crippen LogP contribution in [0.2, 0.25) is 0 Å². The highest BCUT2D eigenvalue weighted by molar-refractivity contribution is 7.96. The predicted octanol–water partition coefficient (Wildman–Crippen LogP) is 6.06. The number of carbonyl (C=O) groups is 2. The number of hydrogen-bond acceptors (Lipinski definition) is 5. The molecular weight excluding hydrogens is 726 g/mol. The lowest BCUT2D eigenvalue weighted by Crippen LogP contribution is -2.76. The van der Waals surface area contributed by atoms with Gasteiger partial charge in [0.1, 0.15) is 5.82 Å². The van der Waals surface area contributed by atoms with Gasteiger partial charge in [0.25, 0.3) is 17.7 Å². The number of likely N-dealkylation sites (tertiary alicyclic amines) is 2. The van der Waals surface area contributed by atoms with Crippen molar-refractivity contribution in [1.82, 2.24) is 24.9 Å². The predicted molar refractivity (Wildman–Crippen MR) is 195 cm³/mol. The van der Waals surface area contributed by atoms with Crippen LogP contribution < -0.4 is 5.32 Å². The number of amides is 2. The smallest absolute Gasteiger partial charge is 0.287 e. The van der Waals surface area contributed by atoms with E-state index in [0.717, 1.165) is 22.1 Å². The highest BCUT2D eigenvalue weighted by atomic mass is 32.1. The van der Waals surface area contributed by atoms with Crippen LogP contribution in [0.15, 0.2) is 54.9 Å². The summed E-state index contributed by atoms with van der Waals surface area (Å²) in [4.78, 5) is 31.4. The molecule has 4 heterocycles. The number of ether oxygens (including phenoxy) is 1. The Bertz CT molecular complexity index is 2060. The van der Waals surface area contributed by atoms with Crippen molar-refractivity contribution >= 4 is 33.5 Å². The maximum atomic E-state index is 15.1. The van der Waals surface area contributed by atoms with Crippen LogP contribution in [-0.4, -0.2) is 99.3 Å². The molecule has 54 heavy (non-hydrogen) atoms. The minimum atomic E-state index is -2.83. The number of carbonyl (C=O) groups excluding carboxylic acids is 2. The molecule has 3 aromatic rings. The van der Waals surface area contributed by atoms with Gasteiger partial charge < -0.3 is 15.0 Å². The highest BCUT2D eigenvalue weighted by Gasteiger charge is 2.80. The van der Waals surface area contributed by atoms with E-state index in [1.165, 1.54) is 18.3 Å². The van der Waals surface area contributed by atoms with E-state index in [1.807, 2.05) is 18.2 Å². The van der Waals surface area contributed by atoms with E-state index in [-0.39, 0.29) is 84.3 Å². The molecule has 1 aromatic heterocycles. The molecule has 3 saturated carbocycles. The molecule has 2 saturated heterocycles. The topological polar surface area (TPSA) is 79.7 Å². The Kier molecular flexibility index (Phi) is 8.51. The molecule has 2 aromatic carbocycles. The number of halogens is 5. The van der Waals surface area contributed by atoms with Crippen molar-refractivity contribution in [3.05, 3.63) is 88.5 Å². The van der Waals surface area contributed by atoms with Crippen LogP contribution in [0.3, 0.4) is 0 Å². The van der Waals surface area contributed by atoms with Gasteiger partial charge in [-0.05, 0) is 65.8 Å². The lowest BCUT2D eigenvalue weighted by atomic mass is 9.64. The number of nitrogens with one attached hydrogen (secondary N) is 1. The normalized spacial score (nSPS) is 28.4. The molecule has 9 rings (SSSR count). The SMILES string of the molecule is C=S=C1C(N2CC3(CN(C(=O)c4cnn(Cc5ccc(F)cc5)c4)C[C@H]3COCc3cccc4c3C(=O)NCC3CC(F)(F)CCC43)C2)C2(CC2)C1(F)F. The molecule has 3 unspecified atom stereocenters. The lowest BCUT2D eigenvalue weighted by molar-refractivity contribution is -0.136. The first kappa shape index (κ1) is 35.8. The molecule has 2 spiro atoms. The fourth-order valence-electron chi connectivity index (χ4n) is 10.2. The molecule has 0 bridgehead atoms. The standard InChI is InChI=1S/C40H42F5N5O3S/c1-54-34-33(38(11-12-38)40(34,44)45)49-22-37(23-49)21-48(36(52)27-15-47-50(17-27)16-24-5-7-29(41)8-6-24)18-28(37)20-53-19-25-3-2-4-31-30-9-10-39(42,43)13-26(30)14-46-35(51)32(25)31/h2-8,15,17,26,28,30,33H,1,9-14,16,18-23H2,(H,46,51)/t26?,28-,30?,33?/m0/s1. The molecular formula is C40H42F5N5O3S. The summed E-state index contributed by atoms with van der Waals surface area (Å²) in [6.45, 7) is 2.87. The van der Waals surface area contributed by atoms with E-state index in [0.29, 0.717) is 68.7 Å². The summed E-state index contributed by atoms with van der Waals surface area (Å²) in [6, 6.07) is 11.3. The average molecular weight is 768 g/mol. The van der Waals surface area contributed by atoms with Gasteiger partial charge in [0.05, 0.1) is 47.8 Å². The van der Waals surface area contributed by atoms with Gasteiger partial charge in [-0.3, -0.25) is 19.2 Å². The molecule has 3 aliphatic heterocycles. The first-order valence-corrected chi connectivity index (χ1v) is 19.6. The van der Waals surface area contributed by atoms with Gasteiger partial charge in [-0.15, -0.1) is 0 Å². The summed E-state index contributed by atoms with van der Waals surface area (Å²) >= 11 is 0. The van der Waals surface area contributed by atoms with E-state index < -0.39 is 17.3 Å². The molecule has 6 aliphatic rings. The number of hydrogen-bond donors (Lipinski definition) is 1. The Hall–Kier alpha value is -3.88. The molecule has 5 fully saturated rings. The van der Waals surface area contributed by atoms with Crippen molar-refractivity contribution in [2.75, 3.05) is 39.3 Å². The number of aromatic nitrogens is 2. The molecule has 8 nitrogen and oxygen atoms in total. The van der Waals surface area contributed by atoms with Crippen molar-refractivity contribution in [1.29, 1.82) is 0 Å². The summed E-state index contributed by atoms with van der Waals surface area (Å²) < 4.78 is 80.3. The Balaban J connectivity index is 0.927. The minimum Gasteiger partial charge on any atom is -0.376 e. The second kappa shape index (κ2) is 12.8. The van der Waals surface area contributed by atoms with E-state index >= 15 is 8.78 Å². The second-order valence-electron chi connectivity index (χ2n) is 16.4. The van der Waals surface area contributed by atoms with Gasteiger partial charge in [0, 0.05) is 68.7 Å². The zero-order valence-corrected chi connectivity index (χ0v) is 30.5. The van der Waals surface area contributed by atoms with Crippen molar-refractivity contribution < 1.29 is 36.3 Å². The third-order valence-electron chi connectivity index (χ3n) is 13.2. The zero-order chi connectivity index (χ0) is 37.6. The monoisotopic (exact) mass is 767 g/mol. The van der Waals surface area contributed by atoms with Gasteiger partial charge in [-0.2, -0.15) is 16.0 Å². The van der Waals surface area contributed by atoms with Gasteiger partial charge in [-0.25, -0.2) is 22.0 Å². The highest BCUT2D eigenvalue weighted by Crippen LogP contribution is 2.70. The largest absolute Gasteiger partial charge is 0.376 e. The molecule has 3 aliphatic carbocycles. The Labute approximate surface area is 313 Å².